The van der Waals surface area contributed by atoms with Crippen LogP contribution in [0.1, 0.15) is 11.3 Å². The van der Waals surface area contributed by atoms with Gasteiger partial charge in [-0.2, -0.15) is 0 Å². The van der Waals surface area contributed by atoms with Gasteiger partial charge in [-0.3, -0.25) is 4.98 Å². The van der Waals surface area contributed by atoms with E-state index in [2.05, 4.69) is 4.98 Å². The Bertz CT molecular complexity index is 828. The van der Waals surface area contributed by atoms with E-state index in [0.717, 1.165) is 11.3 Å². The zero-order chi connectivity index (χ0) is 17.3. The molecule has 4 heteroatoms. The molecule has 0 aliphatic rings. The second-order valence-corrected chi connectivity index (χ2v) is 5.23. The zero-order valence-corrected chi connectivity index (χ0v) is 13.5. The van der Waals surface area contributed by atoms with Gasteiger partial charge < -0.3 is 9.47 Å². The molecule has 0 spiro atoms. The van der Waals surface area contributed by atoms with E-state index in [-0.39, 0.29) is 6.61 Å². The first kappa shape index (κ1) is 16.5. The Kier molecular flexibility index (Phi) is 5.56. The molecule has 0 radical (unpaired) electrons. The minimum Gasteiger partial charge on any atom is -0.482 e. The molecular weight excluding hydrogens is 314 g/mol. The Labute approximate surface area is 146 Å². The standard InChI is InChI=1S/C21H17NO3/c23-21(16-24-19-7-2-1-3-8-19)25-20-13-10-17(11-14-20)9-12-18-6-4-5-15-22-18/h1-15H,16H2/b12-9+. The smallest absolute Gasteiger partial charge is 0.349 e. The van der Waals surface area contributed by atoms with Gasteiger partial charge in [0.15, 0.2) is 6.61 Å². The van der Waals surface area contributed by atoms with Gasteiger partial charge in [0, 0.05) is 6.20 Å². The molecule has 1 heterocycles. The van der Waals surface area contributed by atoms with Crippen LogP contribution in [0, 0.1) is 0 Å². The number of benzene rings is 2. The molecule has 0 aliphatic carbocycles. The van der Waals surface area contributed by atoms with Gasteiger partial charge in [0.05, 0.1) is 5.69 Å². The predicted molar refractivity (Wildman–Crippen MR) is 97.2 cm³/mol. The lowest BCUT2D eigenvalue weighted by atomic mass is 10.2. The Balaban J connectivity index is 1.52. The van der Waals surface area contributed by atoms with Gasteiger partial charge in [-0.05, 0) is 48.0 Å². The average Bonchev–Trinajstić information content (AvgIpc) is 2.67. The van der Waals surface area contributed by atoms with E-state index >= 15 is 0 Å². The van der Waals surface area contributed by atoms with Crippen molar-refractivity contribution in [3.05, 3.63) is 90.3 Å². The number of pyridine rings is 1. The summed E-state index contributed by atoms with van der Waals surface area (Å²) < 4.78 is 10.6. The number of ether oxygens (including phenoxy) is 2. The minimum atomic E-state index is -0.444. The van der Waals surface area contributed by atoms with Crippen molar-refractivity contribution in [2.24, 2.45) is 0 Å². The highest BCUT2D eigenvalue weighted by atomic mass is 16.6. The molecular formula is C21H17NO3. The second kappa shape index (κ2) is 8.45. The number of nitrogens with zero attached hydrogens (tertiary/aromatic N) is 1. The fourth-order valence-corrected chi connectivity index (χ4v) is 2.12. The maximum absolute atomic E-state index is 11.8. The molecule has 0 bridgehead atoms. The number of rotatable bonds is 6. The molecule has 0 fully saturated rings. The molecule has 0 aliphatic heterocycles. The molecule has 0 unspecified atom stereocenters. The van der Waals surface area contributed by atoms with Crippen LogP contribution in [-0.4, -0.2) is 17.6 Å². The Morgan fingerprint density at radius 1 is 0.840 bits per heavy atom. The largest absolute Gasteiger partial charge is 0.482 e. The van der Waals surface area contributed by atoms with Crippen LogP contribution in [0.3, 0.4) is 0 Å². The van der Waals surface area contributed by atoms with Crippen molar-refractivity contribution >= 4 is 18.1 Å². The highest BCUT2D eigenvalue weighted by Gasteiger charge is 2.05. The summed E-state index contributed by atoms with van der Waals surface area (Å²) >= 11 is 0. The third kappa shape index (κ3) is 5.32. The molecule has 25 heavy (non-hydrogen) atoms. The van der Waals surface area contributed by atoms with Gasteiger partial charge in [0.2, 0.25) is 0 Å². The first-order chi connectivity index (χ1) is 12.3. The minimum absolute atomic E-state index is 0.134. The van der Waals surface area contributed by atoms with E-state index in [9.17, 15) is 4.79 Å². The molecule has 3 rings (SSSR count). The van der Waals surface area contributed by atoms with E-state index in [4.69, 9.17) is 9.47 Å². The molecule has 0 saturated heterocycles. The van der Waals surface area contributed by atoms with E-state index in [1.54, 1.807) is 30.5 Å². The van der Waals surface area contributed by atoms with Gasteiger partial charge in [0.25, 0.3) is 0 Å². The van der Waals surface area contributed by atoms with Gasteiger partial charge in [-0.1, -0.05) is 42.5 Å². The average molecular weight is 331 g/mol. The van der Waals surface area contributed by atoms with Crippen molar-refractivity contribution in [3.63, 3.8) is 0 Å². The molecule has 0 saturated carbocycles. The van der Waals surface area contributed by atoms with Crippen molar-refractivity contribution in [2.75, 3.05) is 6.61 Å². The number of carbonyl (C=O) groups is 1. The quantitative estimate of drug-likeness (QED) is 0.501. The van der Waals surface area contributed by atoms with Gasteiger partial charge in [0.1, 0.15) is 11.5 Å². The van der Waals surface area contributed by atoms with Crippen LogP contribution < -0.4 is 9.47 Å². The first-order valence-corrected chi connectivity index (χ1v) is 7.87. The Hall–Kier alpha value is -3.40. The normalized spacial score (nSPS) is 10.6. The highest BCUT2D eigenvalue weighted by molar-refractivity contribution is 5.74. The molecule has 0 atom stereocenters. The number of aromatic nitrogens is 1. The summed E-state index contributed by atoms with van der Waals surface area (Å²) in [5, 5.41) is 0. The van der Waals surface area contributed by atoms with E-state index in [0.29, 0.717) is 11.5 Å². The lowest BCUT2D eigenvalue weighted by molar-refractivity contribution is -0.136. The van der Waals surface area contributed by atoms with Crippen LogP contribution in [0.4, 0.5) is 0 Å². The first-order valence-electron chi connectivity index (χ1n) is 7.87. The van der Waals surface area contributed by atoms with Gasteiger partial charge >= 0.3 is 5.97 Å². The lowest BCUT2D eigenvalue weighted by Crippen LogP contribution is -2.17. The Morgan fingerprint density at radius 3 is 2.32 bits per heavy atom. The fourth-order valence-electron chi connectivity index (χ4n) is 2.12. The van der Waals surface area contributed by atoms with Crippen molar-refractivity contribution in [3.8, 4) is 11.5 Å². The van der Waals surface area contributed by atoms with E-state index < -0.39 is 5.97 Å². The monoisotopic (exact) mass is 331 g/mol. The van der Waals surface area contributed by atoms with Crippen molar-refractivity contribution in [1.29, 1.82) is 0 Å². The Morgan fingerprint density at radius 2 is 1.60 bits per heavy atom. The van der Waals surface area contributed by atoms with Crippen LogP contribution in [0.5, 0.6) is 11.5 Å². The molecule has 3 aromatic rings. The maximum Gasteiger partial charge on any atom is 0.349 e. The summed E-state index contributed by atoms with van der Waals surface area (Å²) in [6.07, 6.45) is 5.63. The maximum atomic E-state index is 11.8. The fraction of sp³-hybridized carbons (Fsp3) is 0.0476. The topological polar surface area (TPSA) is 48.4 Å². The summed E-state index contributed by atoms with van der Waals surface area (Å²) in [6, 6.07) is 22.1. The van der Waals surface area contributed by atoms with Crippen molar-refractivity contribution in [1.82, 2.24) is 4.98 Å². The molecule has 4 nitrogen and oxygen atoms in total. The van der Waals surface area contributed by atoms with Crippen LogP contribution in [0.15, 0.2) is 79.0 Å². The van der Waals surface area contributed by atoms with E-state index in [1.165, 1.54) is 0 Å². The van der Waals surface area contributed by atoms with Gasteiger partial charge in [-0.25, -0.2) is 4.79 Å². The van der Waals surface area contributed by atoms with E-state index in [1.807, 2.05) is 60.7 Å². The molecule has 0 N–H and O–H groups in total. The van der Waals surface area contributed by atoms with Crippen LogP contribution in [-0.2, 0) is 4.79 Å². The molecule has 0 amide bonds. The van der Waals surface area contributed by atoms with Gasteiger partial charge in [-0.15, -0.1) is 0 Å². The van der Waals surface area contributed by atoms with Crippen LogP contribution >= 0.6 is 0 Å². The molecule has 1 aromatic heterocycles. The second-order valence-electron chi connectivity index (χ2n) is 5.23. The van der Waals surface area contributed by atoms with Crippen molar-refractivity contribution < 1.29 is 14.3 Å². The van der Waals surface area contributed by atoms with Crippen LogP contribution in [0.2, 0.25) is 0 Å². The lowest BCUT2D eigenvalue weighted by Gasteiger charge is -2.06. The summed E-state index contributed by atoms with van der Waals surface area (Å²) in [4.78, 5) is 16.0. The highest BCUT2D eigenvalue weighted by Crippen LogP contribution is 2.15. The summed E-state index contributed by atoms with van der Waals surface area (Å²) in [5.41, 5.74) is 1.88. The molecule has 124 valence electrons. The number of hydrogen-bond acceptors (Lipinski definition) is 4. The summed E-state index contributed by atoms with van der Waals surface area (Å²) in [7, 11) is 0. The number of esters is 1. The molecule has 2 aromatic carbocycles. The summed E-state index contributed by atoms with van der Waals surface area (Å²) in [5.74, 6) is 0.673. The number of para-hydroxylation sites is 1. The summed E-state index contributed by atoms with van der Waals surface area (Å²) in [6.45, 7) is -0.134. The number of carbonyl (C=O) groups excluding carboxylic acids is 1. The SMILES string of the molecule is O=C(COc1ccccc1)Oc1ccc(/C=C/c2ccccn2)cc1. The zero-order valence-electron chi connectivity index (χ0n) is 13.5. The third-order valence-corrected chi connectivity index (χ3v) is 3.35. The number of hydrogen-bond donors (Lipinski definition) is 0. The third-order valence-electron chi connectivity index (χ3n) is 3.35. The van der Waals surface area contributed by atoms with Crippen molar-refractivity contribution in [2.45, 2.75) is 0 Å². The predicted octanol–water partition coefficient (Wildman–Crippen LogP) is 4.24. The van der Waals surface area contributed by atoms with Crippen LogP contribution in [0.25, 0.3) is 12.2 Å².